The van der Waals surface area contributed by atoms with Crippen molar-refractivity contribution >= 4 is 17.6 Å². The van der Waals surface area contributed by atoms with Gasteiger partial charge in [-0.25, -0.2) is 9.86 Å². The fraction of sp³-hybridized carbons (Fsp3) is 0.444. The molecule has 0 radical (unpaired) electrons. The number of hydroxylamine groups is 2. The predicted molar refractivity (Wildman–Crippen MR) is 136 cm³/mol. The summed E-state index contributed by atoms with van der Waals surface area (Å²) in [5.41, 5.74) is 7.54. The summed E-state index contributed by atoms with van der Waals surface area (Å²) >= 11 is 6.15. The number of hydrogen-bond acceptors (Lipinski definition) is 5. The summed E-state index contributed by atoms with van der Waals surface area (Å²) in [4.78, 5) is 15.8. The number of nitrogens with two attached hydrogens (primary N) is 1. The monoisotopic (exact) mass is 496 g/mol. The molecule has 2 aliphatic heterocycles. The van der Waals surface area contributed by atoms with E-state index in [9.17, 15) is 10.0 Å². The van der Waals surface area contributed by atoms with Gasteiger partial charge in [0.15, 0.2) is 0 Å². The number of urea groups is 1. The van der Waals surface area contributed by atoms with Gasteiger partial charge < -0.3 is 10.5 Å². The van der Waals surface area contributed by atoms with Gasteiger partial charge in [0.05, 0.1) is 18.7 Å². The van der Waals surface area contributed by atoms with Crippen molar-refractivity contribution in [2.24, 2.45) is 5.73 Å². The lowest BCUT2D eigenvalue weighted by Crippen LogP contribution is -2.49. The van der Waals surface area contributed by atoms with Crippen molar-refractivity contribution in [1.82, 2.24) is 14.9 Å². The number of primary amides is 1. The summed E-state index contributed by atoms with van der Waals surface area (Å²) in [6.45, 7) is 4.96. The van der Waals surface area contributed by atoms with E-state index in [-0.39, 0.29) is 24.8 Å². The summed E-state index contributed by atoms with van der Waals surface area (Å²) in [6.07, 6.45) is 2.35. The van der Waals surface area contributed by atoms with Crippen LogP contribution in [0.4, 0.5) is 4.79 Å². The number of rotatable bonds is 7. The first-order valence-electron chi connectivity index (χ1n) is 12.2. The molecule has 0 unspecified atom stereocenters. The van der Waals surface area contributed by atoms with Gasteiger partial charge in [0.2, 0.25) is 0 Å². The van der Waals surface area contributed by atoms with Crippen LogP contribution in [0.15, 0.2) is 54.6 Å². The molecule has 2 saturated heterocycles. The van der Waals surface area contributed by atoms with E-state index in [0.29, 0.717) is 11.5 Å². The first-order chi connectivity index (χ1) is 17.0. The Morgan fingerprint density at radius 1 is 1.09 bits per heavy atom. The second-order valence-corrected chi connectivity index (χ2v) is 9.49. The molecule has 0 aromatic heterocycles. The molecule has 2 aliphatic rings. The lowest BCUT2D eigenvalue weighted by Gasteiger charge is -2.40. The average molecular weight is 497 g/mol. The first-order valence-corrected chi connectivity index (χ1v) is 12.5. The smallest absolute Gasteiger partial charge is 0.338 e. The highest BCUT2D eigenvalue weighted by molar-refractivity contribution is 6.30. The lowest BCUT2D eigenvalue weighted by molar-refractivity contribution is -0.0373. The number of ether oxygens (including phenoxy) is 1. The number of halogens is 1. The van der Waals surface area contributed by atoms with Crippen LogP contribution in [-0.4, -0.2) is 77.6 Å². The first kappa shape index (κ1) is 25.5. The normalized spacial score (nSPS) is 21.8. The van der Waals surface area contributed by atoms with Gasteiger partial charge in [-0.1, -0.05) is 65.9 Å². The van der Waals surface area contributed by atoms with Gasteiger partial charge in [-0.05, 0) is 36.1 Å². The number of hydrogen-bond donors (Lipinski definition) is 2. The molecule has 2 heterocycles. The van der Waals surface area contributed by atoms with E-state index in [4.69, 9.17) is 22.1 Å². The van der Waals surface area contributed by atoms with Crippen LogP contribution in [0.2, 0.25) is 5.02 Å². The Bertz CT molecular complexity index is 1020. The minimum atomic E-state index is -0.868. The van der Waals surface area contributed by atoms with Crippen molar-refractivity contribution in [2.45, 2.75) is 37.5 Å². The topological polar surface area (TPSA) is 82.3 Å². The summed E-state index contributed by atoms with van der Waals surface area (Å²) < 4.78 is 6.13. The number of amides is 2. The van der Waals surface area contributed by atoms with Gasteiger partial charge in [-0.2, -0.15) is 0 Å². The van der Waals surface area contributed by atoms with E-state index in [0.717, 1.165) is 50.6 Å². The molecule has 4 rings (SSSR count). The Kier molecular flexibility index (Phi) is 9.02. The fourth-order valence-corrected chi connectivity index (χ4v) is 4.92. The minimum Gasteiger partial charge on any atom is -0.361 e. The number of piperazine rings is 1. The molecule has 8 heteroatoms. The van der Waals surface area contributed by atoms with Crippen molar-refractivity contribution < 1.29 is 14.7 Å². The van der Waals surface area contributed by atoms with Gasteiger partial charge in [0, 0.05) is 44.2 Å². The molecule has 0 aliphatic carbocycles. The average Bonchev–Trinajstić information content (AvgIpc) is 3.32. The van der Waals surface area contributed by atoms with Crippen LogP contribution in [0.5, 0.6) is 0 Å². The summed E-state index contributed by atoms with van der Waals surface area (Å²) in [5, 5.41) is 10.5. The second-order valence-electron chi connectivity index (χ2n) is 9.06. The van der Waals surface area contributed by atoms with E-state index in [1.54, 1.807) is 0 Å². The molecule has 2 fully saturated rings. The number of benzene rings is 2. The maximum Gasteiger partial charge on any atom is 0.338 e. The Balaban J connectivity index is 1.27. The van der Waals surface area contributed by atoms with Crippen LogP contribution in [0, 0.1) is 11.8 Å². The maximum atomic E-state index is 10.8. The number of carbonyl (C=O) groups is 1. The molecule has 3 atom stereocenters. The standard InChI is InChI=1S/C27H33ClN4O3/c28-23-11-9-22(10-12-23)26(21-6-2-1-3-7-21)31-18-16-30(17-19-31)20-25-14-13-24(35-25)8-4-5-15-32(34)27(29)33/h1-3,6-7,9-12,24-26,34H,5,13-20H2,(H2,29,33)/t24-,25+,26+/m0/s1. The van der Waals surface area contributed by atoms with Crippen LogP contribution < -0.4 is 5.73 Å². The highest BCUT2D eigenvalue weighted by Gasteiger charge is 2.30. The molecule has 0 spiro atoms. The Hall–Kier alpha value is -2.60. The van der Waals surface area contributed by atoms with Crippen molar-refractivity contribution in [2.75, 3.05) is 39.3 Å². The zero-order valence-electron chi connectivity index (χ0n) is 19.9. The Morgan fingerprint density at radius 3 is 2.46 bits per heavy atom. The lowest BCUT2D eigenvalue weighted by atomic mass is 9.96. The zero-order chi connectivity index (χ0) is 24.6. The molecule has 2 amide bonds. The molecule has 0 saturated carbocycles. The molecular formula is C27H33ClN4O3. The van der Waals surface area contributed by atoms with Crippen molar-refractivity contribution in [3.8, 4) is 11.8 Å². The summed E-state index contributed by atoms with van der Waals surface area (Å²) in [7, 11) is 0. The van der Waals surface area contributed by atoms with Crippen LogP contribution in [0.3, 0.4) is 0 Å². The molecule has 7 nitrogen and oxygen atoms in total. The quantitative estimate of drug-likeness (QED) is 0.346. The molecule has 0 bridgehead atoms. The van der Waals surface area contributed by atoms with E-state index in [1.807, 2.05) is 12.1 Å². The van der Waals surface area contributed by atoms with E-state index in [1.165, 1.54) is 11.1 Å². The highest BCUT2D eigenvalue weighted by atomic mass is 35.5. The van der Waals surface area contributed by atoms with E-state index >= 15 is 0 Å². The minimum absolute atomic E-state index is 0.0885. The van der Waals surface area contributed by atoms with E-state index in [2.05, 4.69) is 64.1 Å². The van der Waals surface area contributed by atoms with Gasteiger partial charge in [-0.15, -0.1) is 0 Å². The molecular weight excluding hydrogens is 464 g/mol. The largest absolute Gasteiger partial charge is 0.361 e. The van der Waals surface area contributed by atoms with Crippen LogP contribution in [-0.2, 0) is 4.74 Å². The molecule has 35 heavy (non-hydrogen) atoms. The van der Waals surface area contributed by atoms with Gasteiger partial charge in [0.25, 0.3) is 0 Å². The van der Waals surface area contributed by atoms with Crippen LogP contribution in [0.25, 0.3) is 0 Å². The summed E-state index contributed by atoms with van der Waals surface area (Å²) in [6, 6.07) is 18.2. The van der Waals surface area contributed by atoms with Crippen molar-refractivity contribution in [1.29, 1.82) is 0 Å². The fourth-order valence-electron chi connectivity index (χ4n) is 4.79. The molecule has 186 valence electrons. The van der Waals surface area contributed by atoms with Gasteiger partial charge in [-0.3, -0.25) is 15.0 Å². The Morgan fingerprint density at radius 2 is 1.77 bits per heavy atom. The maximum absolute atomic E-state index is 10.8. The van der Waals surface area contributed by atoms with Crippen LogP contribution >= 0.6 is 11.6 Å². The number of carbonyl (C=O) groups excluding carboxylic acids is 1. The third-order valence-electron chi connectivity index (χ3n) is 6.61. The zero-order valence-corrected chi connectivity index (χ0v) is 20.6. The highest BCUT2D eigenvalue weighted by Crippen LogP contribution is 2.30. The van der Waals surface area contributed by atoms with Gasteiger partial charge in [0.1, 0.15) is 6.10 Å². The Labute approximate surface area is 212 Å². The van der Waals surface area contributed by atoms with Crippen molar-refractivity contribution in [3.05, 3.63) is 70.7 Å². The summed E-state index contributed by atoms with van der Waals surface area (Å²) in [5.74, 6) is 6.08. The SMILES string of the molecule is NC(=O)N(O)CCC#C[C@H]1CC[C@H](CN2CCN([C@H](c3ccccc3)c3ccc(Cl)cc3)CC2)O1. The van der Waals surface area contributed by atoms with Gasteiger partial charge >= 0.3 is 6.03 Å². The third-order valence-corrected chi connectivity index (χ3v) is 6.86. The molecule has 2 aromatic carbocycles. The van der Waals surface area contributed by atoms with Crippen LogP contribution in [0.1, 0.15) is 36.4 Å². The van der Waals surface area contributed by atoms with E-state index < -0.39 is 6.03 Å². The molecule has 2 aromatic rings. The second kappa shape index (κ2) is 12.4. The van der Waals surface area contributed by atoms with Crippen molar-refractivity contribution in [3.63, 3.8) is 0 Å². The number of nitrogens with zero attached hydrogens (tertiary/aromatic N) is 3. The predicted octanol–water partition coefficient (Wildman–Crippen LogP) is 3.76. The third kappa shape index (κ3) is 7.20. The molecule has 3 N–H and O–H groups in total.